The molecule has 0 unspecified atom stereocenters. The van der Waals surface area contributed by atoms with Crippen molar-refractivity contribution in [3.05, 3.63) is 66.2 Å². The Kier molecular flexibility index (Phi) is 6.91. The Morgan fingerprint density at radius 1 is 1.00 bits per heavy atom. The lowest BCUT2D eigenvalue weighted by Gasteiger charge is -2.30. The highest BCUT2D eigenvalue weighted by Gasteiger charge is 2.61. The predicted octanol–water partition coefficient (Wildman–Crippen LogP) is 2.47. The lowest BCUT2D eigenvalue weighted by molar-refractivity contribution is -0.192. The number of carboxylic acid groups (broad SMARTS) is 2. The number of benzene rings is 2. The number of nitrogens with zero attached hydrogens (tertiary/aromatic N) is 2. The molecule has 3 N–H and O–H groups in total. The van der Waals surface area contributed by atoms with Crippen molar-refractivity contribution in [3.63, 3.8) is 0 Å². The van der Waals surface area contributed by atoms with Crippen molar-refractivity contribution in [2.24, 2.45) is 0 Å². The third kappa shape index (κ3) is 4.86. The zero-order valence-electron chi connectivity index (χ0n) is 17.5. The van der Waals surface area contributed by atoms with Crippen LogP contribution in [0.5, 0.6) is 0 Å². The second-order valence-corrected chi connectivity index (χ2v) is 7.64. The molecule has 2 aromatic carbocycles. The molecule has 180 valence electrons. The van der Waals surface area contributed by atoms with Crippen molar-refractivity contribution in [3.8, 4) is 0 Å². The van der Waals surface area contributed by atoms with Crippen LogP contribution in [0.1, 0.15) is 12.0 Å². The van der Waals surface area contributed by atoms with E-state index in [1.165, 1.54) is 4.90 Å². The maximum atomic E-state index is 13.3. The number of carbonyl (C=O) groups is 4. The van der Waals surface area contributed by atoms with Crippen molar-refractivity contribution in [1.82, 2.24) is 10.2 Å². The van der Waals surface area contributed by atoms with Gasteiger partial charge in [0.05, 0.1) is 5.69 Å². The van der Waals surface area contributed by atoms with E-state index < -0.39 is 35.7 Å². The zero-order chi connectivity index (χ0) is 25.1. The normalized spacial score (nSPS) is 22.0. The summed E-state index contributed by atoms with van der Waals surface area (Å²) in [4.78, 5) is 49.6. The van der Waals surface area contributed by atoms with Gasteiger partial charge < -0.3 is 20.4 Å². The zero-order valence-corrected chi connectivity index (χ0v) is 17.5. The highest BCUT2D eigenvalue weighted by molar-refractivity contribution is 6.23. The smallest absolute Gasteiger partial charge is 0.480 e. The molecule has 4 rings (SSSR count). The molecule has 1 spiro atoms. The van der Waals surface area contributed by atoms with Gasteiger partial charge in [0, 0.05) is 19.5 Å². The first kappa shape index (κ1) is 24.7. The van der Waals surface area contributed by atoms with Gasteiger partial charge in [0.2, 0.25) is 0 Å². The van der Waals surface area contributed by atoms with Gasteiger partial charge in [-0.3, -0.25) is 9.59 Å². The molecular formula is C22H20F3N3O6. The quantitative estimate of drug-likeness (QED) is 0.575. The summed E-state index contributed by atoms with van der Waals surface area (Å²) < 4.78 is 31.7. The number of carbonyl (C=O) groups excluding carboxylic acids is 2. The first-order chi connectivity index (χ1) is 16.0. The molecule has 2 aliphatic rings. The van der Waals surface area contributed by atoms with E-state index in [9.17, 15) is 32.7 Å². The van der Waals surface area contributed by atoms with Gasteiger partial charge in [-0.15, -0.1) is 0 Å². The minimum atomic E-state index is -5.08. The Morgan fingerprint density at radius 2 is 1.53 bits per heavy atom. The van der Waals surface area contributed by atoms with E-state index in [-0.39, 0.29) is 25.4 Å². The fraction of sp³-hybridized carbons (Fsp3) is 0.273. The van der Waals surface area contributed by atoms with E-state index in [0.29, 0.717) is 5.69 Å². The number of rotatable bonds is 4. The number of nitrogens with one attached hydrogen (secondary N) is 1. The molecule has 34 heavy (non-hydrogen) atoms. The fourth-order valence-electron chi connectivity index (χ4n) is 3.82. The summed E-state index contributed by atoms with van der Waals surface area (Å²) in [7, 11) is 0. The number of alkyl halides is 3. The van der Waals surface area contributed by atoms with Crippen molar-refractivity contribution < 1.29 is 42.6 Å². The Labute approximate surface area is 191 Å². The maximum Gasteiger partial charge on any atom is 0.490 e. The van der Waals surface area contributed by atoms with Crippen LogP contribution in [-0.2, 0) is 20.9 Å². The van der Waals surface area contributed by atoms with Crippen LogP contribution >= 0.6 is 0 Å². The monoisotopic (exact) mass is 479 g/mol. The average molecular weight is 479 g/mol. The summed E-state index contributed by atoms with van der Waals surface area (Å²) in [5.41, 5.74) is 0.166. The molecule has 9 nitrogen and oxygen atoms in total. The molecule has 3 amide bonds. The molecule has 2 saturated heterocycles. The highest BCUT2D eigenvalue weighted by Crippen LogP contribution is 2.39. The molecule has 2 heterocycles. The molecule has 2 aromatic rings. The van der Waals surface area contributed by atoms with Crippen LogP contribution in [0.3, 0.4) is 0 Å². The summed E-state index contributed by atoms with van der Waals surface area (Å²) >= 11 is 0. The molecule has 2 fully saturated rings. The van der Waals surface area contributed by atoms with Gasteiger partial charge in [0.25, 0.3) is 5.91 Å². The molecule has 0 aromatic heterocycles. The van der Waals surface area contributed by atoms with Crippen molar-refractivity contribution in [2.45, 2.75) is 30.7 Å². The minimum Gasteiger partial charge on any atom is -0.480 e. The first-order valence-corrected chi connectivity index (χ1v) is 9.99. The molecular weight excluding hydrogens is 459 g/mol. The Morgan fingerprint density at radius 3 is 2.00 bits per heavy atom. The third-order valence-corrected chi connectivity index (χ3v) is 5.46. The van der Waals surface area contributed by atoms with Crippen molar-refractivity contribution in [2.75, 3.05) is 11.4 Å². The summed E-state index contributed by atoms with van der Waals surface area (Å²) in [6.07, 6.45) is -5.04. The second kappa shape index (κ2) is 9.51. The number of anilines is 1. The van der Waals surface area contributed by atoms with Gasteiger partial charge in [0.15, 0.2) is 0 Å². The summed E-state index contributed by atoms with van der Waals surface area (Å²) in [6, 6.07) is 16.8. The molecule has 0 saturated carbocycles. The van der Waals surface area contributed by atoms with Crippen LogP contribution in [0.15, 0.2) is 60.7 Å². The Hall–Kier alpha value is -3.93. The number of hydrogen-bond acceptors (Lipinski definition) is 5. The number of imide groups is 1. The number of hydrogen-bond donors (Lipinski definition) is 3. The number of aliphatic carboxylic acids is 2. The van der Waals surface area contributed by atoms with E-state index in [1.54, 1.807) is 24.3 Å². The number of para-hydroxylation sites is 1. The van der Waals surface area contributed by atoms with Gasteiger partial charge in [0.1, 0.15) is 11.6 Å². The molecule has 12 heteroatoms. The van der Waals surface area contributed by atoms with Crippen LogP contribution in [0, 0.1) is 0 Å². The molecule has 2 aliphatic heterocycles. The largest absolute Gasteiger partial charge is 0.490 e. The number of halogens is 3. The van der Waals surface area contributed by atoms with Gasteiger partial charge in [-0.2, -0.15) is 13.2 Å². The van der Waals surface area contributed by atoms with Gasteiger partial charge in [-0.1, -0.05) is 48.5 Å². The van der Waals surface area contributed by atoms with Gasteiger partial charge in [-0.25, -0.2) is 14.5 Å². The molecule has 2 atom stereocenters. The van der Waals surface area contributed by atoms with Gasteiger partial charge in [-0.05, 0) is 17.7 Å². The Balaban J connectivity index is 0.000000406. The van der Waals surface area contributed by atoms with Crippen LogP contribution in [0.4, 0.5) is 23.7 Å². The molecule has 0 bridgehead atoms. The molecule has 0 aliphatic carbocycles. The summed E-state index contributed by atoms with van der Waals surface area (Å²) in [6.45, 7) is 0.355. The SMILES string of the molecule is O=C(O)C(F)(F)F.O=C(O)[C@@H]1C[C@]2(CN1)C(=O)N(c1ccccc1)C(=O)N2Cc1ccccc1. The van der Waals surface area contributed by atoms with E-state index in [0.717, 1.165) is 10.5 Å². The van der Waals surface area contributed by atoms with Crippen molar-refractivity contribution >= 4 is 29.6 Å². The van der Waals surface area contributed by atoms with Crippen LogP contribution in [0.25, 0.3) is 0 Å². The van der Waals surface area contributed by atoms with Crippen LogP contribution < -0.4 is 10.2 Å². The minimum absolute atomic E-state index is 0.0447. The average Bonchev–Trinajstić information content (AvgIpc) is 3.32. The number of carboxylic acids is 2. The second-order valence-electron chi connectivity index (χ2n) is 7.64. The highest BCUT2D eigenvalue weighted by atomic mass is 19.4. The Bertz CT molecular complexity index is 1080. The topological polar surface area (TPSA) is 127 Å². The number of urea groups is 1. The van der Waals surface area contributed by atoms with E-state index in [1.807, 2.05) is 36.4 Å². The third-order valence-electron chi connectivity index (χ3n) is 5.46. The number of amides is 3. The lowest BCUT2D eigenvalue weighted by atomic mass is 9.93. The fourth-order valence-corrected chi connectivity index (χ4v) is 3.82. The standard InChI is InChI=1S/C20H19N3O4.C2HF3O2/c24-17(25)16-11-20(13-21-16)18(26)23(15-9-5-2-6-10-15)19(27)22(20)12-14-7-3-1-4-8-14;3-2(4,5)1(6)7/h1-10,16,21H,11-13H2,(H,24,25);(H,6,7)/t16-,20-;/m0./s1. The van der Waals surface area contributed by atoms with Crippen LogP contribution in [0.2, 0.25) is 0 Å². The van der Waals surface area contributed by atoms with E-state index in [4.69, 9.17) is 9.90 Å². The lowest BCUT2D eigenvalue weighted by Crippen LogP contribution is -2.51. The van der Waals surface area contributed by atoms with Crippen LogP contribution in [-0.4, -0.2) is 63.3 Å². The molecule has 0 radical (unpaired) electrons. The van der Waals surface area contributed by atoms with E-state index in [2.05, 4.69) is 5.32 Å². The van der Waals surface area contributed by atoms with Crippen molar-refractivity contribution in [1.29, 1.82) is 0 Å². The summed E-state index contributed by atoms with van der Waals surface area (Å²) in [5.74, 6) is -4.16. The maximum absolute atomic E-state index is 13.3. The van der Waals surface area contributed by atoms with Gasteiger partial charge >= 0.3 is 24.1 Å². The first-order valence-electron chi connectivity index (χ1n) is 9.99. The summed E-state index contributed by atoms with van der Waals surface area (Å²) in [5, 5.41) is 19.4. The predicted molar refractivity (Wildman–Crippen MR) is 112 cm³/mol. The van der Waals surface area contributed by atoms with E-state index >= 15 is 0 Å².